The van der Waals surface area contributed by atoms with Gasteiger partial charge in [-0.05, 0) is 48.9 Å². The maximum absolute atomic E-state index is 12.3. The Kier molecular flexibility index (Phi) is 5.16. The average molecular weight is 373 g/mol. The molecule has 0 atom stereocenters. The van der Waals surface area contributed by atoms with Gasteiger partial charge in [0, 0.05) is 27.6 Å². The van der Waals surface area contributed by atoms with Gasteiger partial charge in [0.1, 0.15) is 5.69 Å². The van der Waals surface area contributed by atoms with Crippen molar-refractivity contribution in [2.75, 3.05) is 10.6 Å². The Morgan fingerprint density at radius 3 is 2.64 bits per heavy atom. The highest BCUT2D eigenvalue weighted by molar-refractivity contribution is 6.31. The smallest absolute Gasteiger partial charge is 0.274 e. The summed E-state index contributed by atoms with van der Waals surface area (Å²) in [7, 11) is 0. The van der Waals surface area contributed by atoms with Crippen LogP contribution in [0.1, 0.15) is 16.1 Å². The van der Waals surface area contributed by atoms with Crippen LogP contribution in [0.3, 0.4) is 0 Å². The summed E-state index contributed by atoms with van der Waals surface area (Å²) in [4.78, 5) is 20.7. The third-order valence-corrected chi connectivity index (χ3v) is 4.04. The summed E-state index contributed by atoms with van der Waals surface area (Å²) >= 11 is 12.0. The number of nitrogens with one attached hydrogen (secondary N) is 2. The fourth-order valence-electron chi connectivity index (χ4n) is 2.11. The molecule has 1 amide bonds. The normalized spacial score (nSPS) is 10.4. The van der Waals surface area contributed by atoms with E-state index in [9.17, 15) is 4.79 Å². The minimum absolute atomic E-state index is 0.232. The SMILES string of the molecule is Cc1ccc(Nc2nccc(C(=O)Nc3cccc(Cl)c3)n2)cc1Cl. The van der Waals surface area contributed by atoms with E-state index in [1.54, 1.807) is 30.3 Å². The lowest BCUT2D eigenvalue weighted by molar-refractivity contribution is 0.102. The van der Waals surface area contributed by atoms with E-state index in [-0.39, 0.29) is 11.6 Å². The molecule has 0 saturated carbocycles. The molecular formula is C18H14Cl2N4O. The standard InChI is InChI=1S/C18H14Cl2N4O/c1-11-5-6-14(10-15(11)20)23-18-21-8-7-16(24-18)17(25)22-13-4-2-3-12(19)9-13/h2-10H,1H3,(H,22,25)(H,21,23,24). The molecule has 126 valence electrons. The van der Waals surface area contributed by atoms with Gasteiger partial charge in [0.25, 0.3) is 5.91 Å². The molecule has 1 aromatic heterocycles. The minimum Gasteiger partial charge on any atom is -0.324 e. The summed E-state index contributed by atoms with van der Waals surface area (Å²) in [5.74, 6) is -0.0479. The van der Waals surface area contributed by atoms with E-state index in [0.717, 1.165) is 11.3 Å². The summed E-state index contributed by atoms with van der Waals surface area (Å²) < 4.78 is 0. The number of halogens is 2. The van der Waals surface area contributed by atoms with Gasteiger partial charge >= 0.3 is 0 Å². The number of benzene rings is 2. The first-order valence-electron chi connectivity index (χ1n) is 7.44. The van der Waals surface area contributed by atoms with Gasteiger partial charge in [-0.1, -0.05) is 35.3 Å². The largest absolute Gasteiger partial charge is 0.324 e. The number of aryl methyl sites for hydroxylation is 1. The predicted molar refractivity (Wildman–Crippen MR) is 101 cm³/mol. The van der Waals surface area contributed by atoms with Crippen LogP contribution in [0, 0.1) is 6.92 Å². The molecule has 25 heavy (non-hydrogen) atoms. The molecule has 2 aromatic carbocycles. The summed E-state index contributed by atoms with van der Waals surface area (Å²) in [6, 6.07) is 14.0. The van der Waals surface area contributed by atoms with E-state index in [0.29, 0.717) is 21.7 Å². The molecule has 0 saturated heterocycles. The number of nitrogens with zero attached hydrogens (tertiary/aromatic N) is 2. The van der Waals surface area contributed by atoms with Crippen LogP contribution in [-0.4, -0.2) is 15.9 Å². The molecular weight excluding hydrogens is 359 g/mol. The second-order valence-electron chi connectivity index (χ2n) is 5.32. The van der Waals surface area contributed by atoms with Crippen molar-refractivity contribution in [1.29, 1.82) is 0 Å². The van der Waals surface area contributed by atoms with Crippen LogP contribution in [0.5, 0.6) is 0 Å². The molecule has 1 heterocycles. The third kappa shape index (κ3) is 4.47. The lowest BCUT2D eigenvalue weighted by atomic mass is 10.2. The summed E-state index contributed by atoms with van der Waals surface area (Å²) in [6.45, 7) is 1.92. The predicted octanol–water partition coefficient (Wildman–Crippen LogP) is 5.09. The van der Waals surface area contributed by atoms with Crippen molar-refractivity contribution in [3.63, 3.8) is 0 Å². The maximum Gasteiger partial charge on any atom is 0.274 e. The zero-order chi connectivity index (χ0) is 17.8. The second kappa shape index (κ2) is 7.51. The zero-order valence-electron chi connectivity index (χ0n) is 13.3. The number of anilines is 3. The average Bonchev–Trinajstić information content (AvgIpc) is 2.58. The van der Waals surface area contributed by atoms with E-state index < -0.39 is 0 Å². The fraction of sp³-hybridized carbons (Fsp3) is 0.0556. The first-order chi connectivity index (χ1) is 12.0. The van der Waals surface area contributed by atoms with Gasteiger partial charge in [0.15, 0.2) is 0 Å². The quantitative estimate of drug-likeness (QED) is 0.669. The lowest BCUT2D eigenvalue weighted by Gasteiger charge is -2.08. The van der Waals surface area contributed by atoms with Gasteiger partial charge in [-0.25, -0.2) is 9.97 Å². The van der Waals surface area contributed by atoms with Crippen LogP contribution in [-0.2, 0) is 0 Å². The molecule has 0 spiro atoms. The molecule has 0 fully saturated rings. The molecule has 2 N–H and O–H groups in total. The topological polar surface area (TPSA) is 66.9 Å². The summed E-state index contributed by atoms with van der Waals surface area (Å²) in [6.07, 6.45) is 1.51. The Morgan fingerprint density at radius 2 is 1.88 bits per heavy atom. The van der Waals surface area contributed by atoms with Gasteiger partial charge < -0.3 is 10.6 Å². The third-order valence-electron chi connectivity index (χ3n) is 3.40. The Labute approximate surface area is 155 Å². The Hall–Kier alpha value is -2.63. The van der Waals surface area contributed by atoms with Crippen molar-refractivity contribution in [2.45, 2.75) is 6.92 Å². The van der Waals surface area contributed by atoms with Crippen LogP contribution < -0.4 is 10.6 Å². The molecule has 0 radical (unpaired) electrons. The number of amides is 1. The highest BCUT2D eigenvalue weighted by Gasteiger charge is 2.10. The van der Waals surface area contributed by atoms with Crippen molar-refractivity contribution >= 4 is 46.4 Å². The van der Waals surface area contributed by atoms with Crippen LogP contribution in [0.25, 0.3) is 0 Å². The highest BCUT2D eigenvalue weighted by Crippen LogP contribution is 2.22. The molecule has 0 aliphatic rings. The number of rotatable bonds is 4. The number of hydrogen-bond donors (Lipinski definition) is 2. The monoisotopic (exact) mass is 372 g/mol. The van der Waals surface area contributed by atoms with E-state index in [2.05, 4.69) is 20.6 Å². The first-order valence-corrected chi connectivity index (χ1v) is 8.20. The first kappa shape index (κ1) is 17.2. The Bertz CT molecular complexity index is 930. The van der Waals surface area contributed by atoms with Gasteiger partial charge in [-0.2, -0.15) is 0 Å². The van der Waals surface area contributed by atoms with E-state index in [1.807, 2.05) is 19.1 Å². The van der Waals surface area contributed by atoms with Gasteiger partial charge in [0.2, 0.25) is 5.95 Å². The van der Waals surface area contributed by atoms with Crippen LogP contribution in [0.15, 0.2) is 54.7 Å². The molecule has 7 heteroatoms. The fourth-order valence-corrected chi connectivity index (χ4v) is 2.48. The Morgan fingerprint density at radius 1 is 1.04 bits per heavy atom. The zero-order valence-corrected chi connectivity index (χ0v) is 14.8. The Balaban J connectivity index is 1.76. The highest BCUT2D eigenvalue weighted by atomic mass is 35.5. The van der Waals surface area contributed by atoms with Crippen LogP contribution >= 0.6 is 23.2 Å². The number of carbonyl (C=O) groups is 1. The van der Waals surface area contributed by atoms with Crippen molar-refractivity contribution in [3.8, 4) is 0 Å². The minimum atomic E-state index is -0.352. The van der Waals surface area contributed by atoms with E-state index >= 15 is 0 Å². The number of carbonyl (C=O) groups excluding carboxylic acids is 1. The van der Waals surface area contributed by atoms with Crippen molar-refractivity contribution in [2.24, 2.45) is 0 Å². The second-order valence-corrected chi connectivity index (χ2v) is 6.16. The van der Waals surface area contributed by atoms with Gasteiger partial charge in [0.05, 0.1) is 0 Å². The summed E-state index contributed by atoms with van der Waals surface area (Å²) in [5, 5.41) is 6.96. The maximum atomic E-state index is 12.3. The molecule has 3 rings (SSSR count). The van der Waals surface area contributed by atoms with Crippen molar-refractivity contribution in [1.82, 2.24) is 9.97 Å². The molecule has 3 aromatic rings. The van der Waals surface area contributed by atoms with Crippen LogP contribution in [0.2, 0.25) is 10.0 Å². The number of aromatic nitrogens is 2. The van der Waals surface area contributed by atoms with E-state index in [1.165, 1.54) is 12.3 Å². The number of hydrogen-bond acceptors (Lipinski definition) is 4. The molecule has 0 bridgehead atoms. The summed E-state index contributed by atoms with van der Waals surface area (Å²) in [5.41, 5.74) is 2.54. The van der Waals surface area contributed by atoms with Gasteiger partial charge in [-0.3, -0.25) is 4.79 Å². The molecule has 0 unspecified atom stereocenters. The lowest BCUT2D eigenvalue weighted by Crippen LogP contribution is -2.14. The van der Waals surface area contributed by atoms with Gasteiger partial charge in [-0.15, -0.1) is 0 Å². The van der Waals surface area contributed by atoms with Crippen molar-refractivity contribution in [3.05, 3.63) is 76.0 Å². The molecule has 0 aliphatic heterocycles. The molecule has 0 aliphatic carbocycles. The van der Waals surface area contributed by atoms with Crippen molar-refractivity contribution < 1.29 is 4.79 Å². The van der Waals surface area contributed by atoms with E-state index in [4.69, 9.17) is 23.2 Å². The van der Waals surface area contributed by atoms with Crippen LogP contribution in [0.4, 0.5) is 17.3 Å². The molecule has 5 nitrogen and oxygen atoms in total.